The van der Waals surface area contributed by atoms with Crippen molar-refractivity contribution in [1.29, 1.82) is 0 Å². The van der Waals surface area contributed by atoms with Gasteiger partial charge in [0.25, 0.3) is 0 Å². The van der Waals surface area contributed by atoms with Gasteiger partial charge >= 0.3 is 0 Å². The van der Waals surface area contributed by atoms with Gasteiger partial charge in [0.15, 0.2) is 0 Å². The summed E-state index contributed by atoms with van der Waals surface area (Å²) < 4.78 is 0. The van der Waals surface area contributed by atoms with Crippen LogP contribution >= 0.6 is 23.2 Å². The number of aryl methyl sites for hydroxylation is 1. The summed E-state index contributed by atoms with van der Waals surface area (Å²) in [4.78, 5) is 25.7. The third kappa shape index (κ3) is 6.04. The Hall–Kier alpha value is -1.26. The first-order valence-corrected chi connectivity index (χ1v) is 8.87. The molecule has 0 aromatic heterocycles. The Kier molecular flexibility index (Phi) is 7.18. The lowest BCUT2D eigenvalue weighted by molar-refractivity contribution is -0.132. The first-order valence-electron chi connectivity index (χ1n) is 7.96. The van der Waals surface area contributed by atoms with Crippen molar-refractivity contribution >= 4 is 35.0 Å². The van der Waals surface area contributed by atoms with Crippen molar-refractivity contribution < 1.29 is 9.59 Å². The molecule has 1 fully saturated rings. The third-order valence-electron chi connectivity index (χ3n) is 4.08. The van der Waals surface area contributed by atoms with Gasteiger partial charge in [-0.25, -0.2) is 0 Å². The summed E-state index contributed by atoms with van der Waals surface area (Å²) in [6, 6.07) is 7.75. The van der Waals surface area contributed by atoms with Crippen LogP contribution in [0.15, 0.2) is 24.3 Å². The summed E-state index contributed by atoms with van der Waals surface area (Å²) in [7, 11) is 0. The first kappa shape index (κ1) is 18.1. The van der Waals surface area contributed by atoms with Gasteiger partial charge in [-0.05, 0) is 37.0 Å². The van der Waals surface area contributed by atoms with Crippen LogP contribution in [0, 0.1) is 0 Å². The molecule has 1 heterocycles. The Morgan fingerprint density at radius 2 is 1.78 bits per heavy atom. The minimum atomic E-state index is -0.00693. The molecule has 0 bridgehead atoms. The van der Waals surface area contributed by atoms with Crippen LogP contribution in [0.1, 0.15) is 31.2 Å². The molecule has 2 rings (SSSR count). The number of nitrogens with zero attached hydrogens (tertiary/aromatic N) is 1. The van der Waals surface area contributed by atoms with Gasteiger partial charge in [-0.3, -0.25) is 9.59 Å². The Morgan fingerprint density at radius 3 is 2.39 bits per heavy atom. The fourth-order valence-corrected chi connectivity index (χ4v) is 3.02. The van der Waals surface area contributed by atoms with E-state index in [1.54, 1.807) is 0 Å². The lowest BCUT2D eigenvalue weighted by Crippen LogP contribution is -2.46. The molecule has 1 N–H and O–H groups in total. The van der Waals surface area contributed by atoms with Crippen molar-refractivity contribution in [3.05, 3.63) is 34.9 Å². The Balaban J connectivity index is 1.71. The summed E-state index contributed by atoms with van der Waals surface area (Å²) in [5.74, 6) is 0.506. The smallest absolute Gasteiger partial charge is 0.222 e. The molecule has 1 aromatic carbocycles. The maximum absolute atomic E-state index is 12.3. The van der Waals surface area contributed by atoms with Crippen molar-refractivity contribution in [1.82, 2.24) is 10.2 Å². The zero-order valence-corrected chi connectivity index (χ0v) is 14.6. The van der Waals surface area contributed by atoms with Crippen LogP contribution in [0.5, 0.6) is 0 Å². The zero-order valence-electron chi connectivity index (χ0n) is 13.1. The van der Waals surface area contributed by atoms with Gasteiger partial charge in [-0.1, -0.05) is 23.7 Å². The zero-order chi connectivity index (χ0) is 16.7. The third-order valence-corrected chi connectivity index (χ3v) is 4.52. The molecule has 1 saturated heterocycles. The van der Waals surface area contributed by atoms with Crippen LogP contribution in [0.25, 0.3) is 0 Å². The highest BCUT2D eigenvalue weighted by Crippen LogP contribution is 2.14. The molecular weight excluding hydrogens is 335 g/mol. The van der Waals surface area contributed by atoms with Gasteiger partial charge in [0.05, 0.1) is 0 Å². The van der Waals surface area contributed by atoms with Crippen molar-refractivity contribution in [2.75, 3.05) is 19.0 Å². The van der Waals surface area contributed by atoms with E-state index < -0.39 is 0 Å². The van der Waals surface area contributed by atoms with E-state index in [-0.39, 0.29) is 17.9 Å². The van der Waals surface area contributed by atoms with Crippen LogP contribution < -0.4 is 5.32 Å². The summed E-state index contributed by atoms with van der Waals surface area (Å²) >= 11 is 11.4. The van der Waals surface area contributed by atoms with E-state index in [9.17, 15) is 9.59 Å². The minimum Gasteiger partial charge on any atom is -0.353 e. The number of halogens is 2. The number of hydrogen-bond acceptors (Lipinski definition) is 2. The summed E-state index contributed by atoms with van der Waals surface area (Å²) in [6.07, 6.45) is 3.19. The van der Waals surface area contributed by atoms with E-state index in [0.29, 0.717) is 36.8 Å². The molecular formula is C17H22Cl2N2O2. The number of nitrogens with one attached hydrogen (secondary N) is 1. The van der Waals surface area contributed by atoms with Gasteiger partial charge < -0.3 is 10.2 Å². The molecule has 0 aliphatic carbocycles. The maximum atomic E-state index is 12.3. The molecule has 0 spiro atoms. The number of piperidine rings is 1. The molecule has 1 aliphatic rings. The number of carbonyl (C=O) groups is 2. The molecule has 0 saturated carbocycles. The average molecular weight is 357 g/mol. The second-order valence-corrected chi connectivity index (χ2v) is 6.60. The van der Waals surface area contributed by atoms with E-state index in [4.69, 9.17) is 23.2 Å². The van der Waals surface area contributed by atoms with E-state index in [1.165, 1.54) is 0 Å². The number of amides is 2. The first-order chi connectivity index (χ1) is 11.1. The van der Waals surface area contributed by atoms with Gasteiger partial charge in [0.1, 0.15) is 0 Å². The van der Waals surface area contributed by atoms with E-state index in [1.807, 2.05) is 29.2 Å². The number of hydrogen-bond donors (Lipinski definition) is 1. The molecule has 6 heteroatoms. The highest BCUT2D eigenvalue weighted by atomic mass is 35.5. The van der Waals surface area contributed by atoms with Crippen LogP contribution in [-0.2, 0) is 16.0 Å². The molecule has 0 atom stereocenters. The summed E-state index contributed by atoms with van der Waals surface area (Å²) in [6.45, 7) is 1.40. The van der Waals surface area contributed by atoms with E-state index in [0.717, 1.165) is 24.8 Å². The van der Waals surface area contributed by atoms with Gasteiger partial charge in [0.2, 0.25) is 11.8 Å². The van der Waals surface area contributed by atoms with Crippen LogP contribution in [0.2, 0.25) is 5.02 Å². The monoisotopic (exact) mass is 356 g/mol. The van der Waals surface area contributed by atoms with Crippen LogP contribution in [-0.4, -0.2) is 41.7 Å². The summed E-state index contributed by atoms with van der Waals surface area (Å²) in [5.41, 5.74) is 1.12. The van der Waals surface area contributed by atoms with E-state index in [2.05, 4.69) is 5.32 Å². The van der Waals surface area contributed by atoms with Crippen molar-refractivity contribution in [3.8, 4) is 0 Å². The second-order valence-electron chi connectivity index (χ2n) is 5.79. The highest BCUT2D eigenvalue weighted by molar-refractivity contribution is 6.30. The number of alkyl halides is 1. The largest absolute Gasteiger partial charge is 0.353 e. The topological polar surface area (TPSA) is 49.4 Å². The van der Waals surface area contributed by atoms with Crippen LogP contribution in [0.4, 0.5) is 0 Å². The second kappa shape index (κ2) is 9.14. The maximum Gasteiger partial charge on any atom is 0.222 e. The highest BCUT2D eigenvalue weighted by Gasteiger charge is 2.23. The molecule has 1 aliphatic heterocycles. The number of rotatable bonds is 6. The number of likely N-dealkylation sites (tertiary alicyclic amines) is 1. The minimum absolute atomic E-state index is 0.00693. The number of carbonyl (C=O) groups excluding carboxylic acids is 2. The van der Waals surface area contributed by atoms with Gasteiger partial charge in [-0.15, -0.1) is 11.6 Å². The molecule has 4 nitrogen and oxygen atoms in total. The van der Waals surface area contributed by atoms with Crippen molar-refractivity contribution in [2.24, 2.45) is 0 Å². The molecule has 2 amide bonds. The Labute approximate surface area is 147 Å². The fraction of sp³-hybridized carbons (Fsp3) is 0.529. The Morgan fingerprint density at radius 1 is 1.13 bits per heavy atom. The molecule has 23 heavy (non-hydrogen) atoms. The SMILES string of the molecule is O=C(CCCl)NC1CCN(C(=O)CCc2ccc(Cl)cc2)CC1. The average Bonchev–Trinajstić information content (AvgIpc) is 2.55. The lowest BCUT2D eigenvalue weighted by Gasteiger charge is -2.32. The van der Waals surface area contributed by atoms with Crippen LogP contribution in [0.3, 0.4) is 0 Å². The fourth-order valence-electron chi connectivity index (χ4n) is 2.72. The standard InChI is InChI=1S/C17H22Cl2N2O2/c18-10-7-16(22)20-15-8-11-21(12-9-15)17(23)6-3-13-1-4-14(19)5-2-13/h1-2,4-5,15H,3,6-12H2,(H,20,22). The lowest BCUT2D eigenvalue weighted by atomic mass is 10.0. The molecule has 126 valence electrons. The molecule has 0 radical (unpaired) electrons. The summed E-state index contributed by atoms with van der Waals surface area (Å²) in [5, 5.41) is 3.68. The molecule has 0 unspecified atom stereocenters. The predicted molar refractivity (Wildman–Crippen MR) is 92.9 cm³/mol. The quantitative estimate of drug-likeness (QED) is 0.796. The number of benzene rings is 1. The normalized spacial score (nSPS) is 15.5. The van der Waals surface area contributed by atoms with E-state index >= 15 is 0 Å². The van der Waals surface area contributed by atoms with Crippen molar-refractivity contribution in [2.45, 2.75) is 38.1 Å². The predicted octanol–water partition coefficient (Wildman–Crippen LogP) is 3.01. The van der Waals surface area contributed by atoms with Crippen molar-refractivity contribution in [3.63, 3.8) is 0 Å². The molecule has 1 aromatic rings. The Bertz CT molecular complexity index is 526. The van der Waals surface area contributed by atoms with Gasteiger partial charge in [0, 0.05) is 42.9 Å². The van der Waals surface area contributed by atoms with Gasteiger partial charge in [-0.2, -0.15) is 0 Å².